The predicted octanol–water partition coefficient (Wildman–Crippen LogP) is 3.35. The van der Waals surface area contributed by atoms with Crippen LogP contribution in [0.5, 0.6) is 0 Å². The first-order valence-corrected chi connectivity index (χ1v) is 8.61. The molecule has 1 aliphatic rings. The van der Waals surface area contributed by atoms with Gasteiger partial charge in [-0.2, -0.15) is 0 Å². The number of hydrogen-bond acceptors (Lipinski definition) is 3. The van der Waals surface area contributed by atoms with Crippen molar-refractivity contribution in [3.63, 3.8) is 0 Å². The van der Waals surface area contributed by atoms with E-state index in [1.54, 1.807) is 0 Å². The molecule has 24 heavy (non-hydrogen) atoms. The number of hydrogen-bond donors (Lipinski definition) is 2. The van der Waals surface area contributed by atoms with Gasteiger partial charge in [0.15, 0.2) is 5.96 Å². The number of nitrogens with one attached hydrogen (secondary N) is 1. The summed E-state index contributed by atoms with van der Waals surface area (Å²) in [6.07, 6.45) is 4.43. The minimum atomic E-state index is 0. The Kier molecular flexibility index (Phi) is 10.3. The van der Waals surface area contributed by atoms with Crippen molar-refractivity contribution >= 4 is 35.6 Å². The average molecular weight is 447 g/mol. The minimum absolute atomic E-state index is 0. The monoisotopic (exact) mass is 447 g/mol. The largest absolute Gasteiger partial charge is 0.377 e. The third-order valence-electron chi connectivity index (χ3n) is 4.10. The number of anilines is 1. The van der Waals surface area contributed by atoms with Gasteiger partial charge in [0.05, 0.1) is 25.9 Å². The van der Waals surface area contributed by atoms with Gasteiger partial charge in [-0.1, -0.05) is 32.0 Å². The fourth-order valence-corrected chi connectivity index (χ4v) is 2.79. The first-order chi connectivity index (χ1) is 11.2. The lowest BCUT2D eigenvalue weighted by Crippen LogP contribution is -2.25. The molecule has 1 unspecified atom stereocenters. The third kappa shape index (κ3) is 6.57. The number of nitrogens with zero attached hydrogens (tertiary/aromatic N) is 1. The van der Waals surface area contributed by atoms with Crippen molar-refractivity contribution in [3.8, 4) is 0 Å². The van der Waals surface area contributed by atoms with E-state index in [-0.39, 0.29) is 30.1 Å². The second-order valence-corrected chi connectivity index (χ2v) is 5.76. The number of aryl methyl sites for hydroxylation is 2. The fourth-order valence-electron chi connectivity index (χ4n) is 2.79. The van der Waals surface area contributed by atoms with Crippen molar-refractivity contribution in [2.45, 2.75) is 45.6 Å². The molecule has 1 aromatic rings. The number of guanidine groups is 1. The number of aliphatic imine (C=N–C) groups is 1. The molecule has 1 heterocycles. The molecule has 3 N–H and O–H groups in total. The van der Waals surface area contributed by atoms with Crippen LogP contribution in [0.25, 0.3) is 0 Å². The Morgan fingerprint density at radius 2 is 2.04 bits per heavy atom. The summed E-state index contributed by atoms with van der Waals surface area (Å²) in [4.78, 5) is 4.35. The van der Waals surface area contributed by atoms with E-state index < -0.39 is 0 Å². The molecule has 6 heteroatoms. The van der Waals surface area contributed by atoms with Crippen molar-refractivity contribution in [3.05, 3.63) is 29.3 Å². The second-order valence-electron chi connectivity index (χ2n) is 5.76. The summed E-state index contributed by atoms with van der Waals surface area (Å²) in [5.74, 6) is 0.446. The van der Waals surface area contributed by atoms with Crippen molar-refractivity contribution in [2.24, 2.45) is 10.7 Å². The molecular weight excluding hydrogens is 417 g/mol. The van der Waals surface area contributed by atoms with Gasteiger partial charge < -0.3 is 20.5 Å². The highest BCUT2D eigenvalue weighted by atomic mass is 127. The highest BCUT2D eigenvalue weighted by molar-refractivity contribution is 14.0. The molecule has 0 saturated carbocycles. The zero-order valence-corrected chi connectivity index (χ0v) is 17.0. The van der Waals surface area contributed by atoms with E-state index in [4.69, 9.17) is 15.2 Å². The van der Waals surface area contributed by atoms with E-state index >= 15 is 0 Å². The van der Waals surface area contributed by atoms with Crippen LogP contribution in [0.3, 0.4) is 0 Å². The molecule has 0 aromatic heterocycles. The van der Waals surface area contributed by atoms with E-state index in [9.17, 15) is 0 Å². The summed E-state index contributed by atoms with van der Waals surface area (Å²) < 4.78 is 11.1. The van der Waals surface area contributed by atoms with Gasteiger partial charge in [0, 0.05) is 12.3 Å². The van der Waals surface area contributed by atoms with Gasteiger partial charge in [0.1, 0.15) is 0 Å². The molecule has 0 aliphatic carbocycles. The quantitative estimate of drug-likeness (QED) is 0.278. The molecule has 1 atom stereocenters. The van der Waals surface area contributed by atoms with Crippen LogP contribution in [0, 0.1) is 0 Å². The van der Waals surface area contributed by atoms with Crippen LogP contribution in [0.2, 0.25) is 0 Å². The topological polar surface area (TPSA) is 68.9 Å². The van der Waals surface area contributed by atoms with Crippen molar-refractivity contribution in [1.82, 2.24) is 0 Å². The van der Waals surface area contributed by atoms with Gasteiger partial charge in [-0.3, -0.25) is 4.99 Å². The zero-order valence-electron chi connectivity index (χ0n) is 14.7. The standard InChI is InChI=1S/C18H29N3O2.HI/c1-3-14-7-5-8-15(4-2)17(14)21-18(19)20-10-12-22-13-16-9-6-11-23-16;/h5,7-8,16H,3-4,6,9-13H2,1-2H3,(H3,19,20,21);1H. The Balaban J connectivity index is 0.00000288. The Bertz CT molecular complexity index is 495. The third-order valence-corrected chi connectivity index (χ3v) is 4.10. The van der Waals surface area contributed by atoms with E-state index in [0.717, 1.165) is 38.0 Å². The van der Waals surface area contributed by atoms with Crippen LogP contribution < -0.4 is 11.1 Å². The van der Waals surface area contributed by atoms with Gasteiger partial charge in [-0.25, -0.2) is 0 Å². The minimum Gasteiger partial charge on any atom is -0.377 e. The SMILES string of the molecule is CCc1cccc(CC)c1NC(N)=NCCOCC1CCCO1.I. The Hall–Kier alpha value is -0.860. The van der Waals surface area contributed by atoms with Crippen LogP contribution in [-0.4, -0.2) is 38.4 Å². The predicted molar refractivity (Wildman–Crippen MR) is 111 cm³/mol. The average Bonchev–Trinajstić information content (AvgIpc) is 3.08. The first-order valence-electron chi connectivity index (χ1n) is 8.61. The van der Waals surface area contributed by atoms with Crippen molar-refractivity contribution in [1.29, 1.82) is 0 Å². The van der Waals surface area contributed by atoms with Crippen LogP contribution >= 0.6 is 24.0 Å². The highest BCUT2D eigenvalue weighted by Crippen LogP contribution is 2.22. The number of nitrogens with two attached hydrogens (primary N) is 1. The molecule has 1 aliphatic heterocycles. The van der Waals surface area contributed by atoms with Gasteiger partial charge in [0.2, 0.25) is 0 Å². The first kappa shape index (κ1) is 21.2. The highest BCUT2D eigenvalue weighted by Gasteiger charge is 2.14. The normalized spacial score (nSPS) is 17.6. The van der Waals surface area contributed by atoms with E-state index in [1.165, 1.54) is 11.1 Å². The molecule has 1 aromatic carbocycles. The van der Waals surface area contributed by atoms with Gasteiger partial charge >= 0.3 is 0 Å². The molecule has 0 bridgehead atoms. The number of halogens is 1. The number of benzene rings is 1. The molecular formula is C18H30IN3O2. The fraction of sp³-hybridized carbons (Fsp3) is 0.611. The maximum absolute atomic E-state index is 6.02. The number of para-hydroxylation sites is 1. The number of ether oxygens (including phenoxy) is 2. The molecule has 0 spiro atoms. The van der Waals surface area contributed by atoms with Gasteiger partial charge in [0.25, 0.3) is 0 Å². The maximum atomic E-state index is 6.02. The molecule has 1 saturated heterocycles. The van der Waals surface area contributed by atoms with E-state index in [0.29, 0.717) is 25.7 Å². The summed E-state index contributed by atoms with van der Waals surface area (Å²) in [5.41, 5.74) is 9.63. The van der Waals surface area contributed by atoms with Crippen molar-refractivity contribution in [2.75, 3.05) is 31.7 Å². The summed E-state index contributed by atoms with van der Waals surface area (Å²) in [6, 6.07) is 6.34. The van der Waals surface area contributed by atoms with E-state index in [1.807, 2.05) is 0 Å². The Morgan fingerprint density at radius 1 is 1.33 bits per heavy atom. The van der Waals surface area contributed by atoms with Crippen LogP contribution in [0.4, 0.5) is 5.69 Å². The molecule has 0 radical (unpaired) electrons. The Morgan fingerprint density at radius 3 is 2.62 bits per heavy atom. The Labute approximate surface area is 162 Å². The molecule has 136 valence electrons. The maximum Gasteiger partial charge on any atom is 0.193 e. The lowest BCUT2D eigenvalue weighted by molar-refractivity contribution is 0.0200. The lowest BCUT2D eigenvalue weighted by atomic mass is 10.0. The summed E-state index contributed by atoms with van der Waals surface area (Å²) in [5, 5.41) is 3.26. The zero-order chi connectivity index (χ0) is 16.5. The van der Waals surface area contributed by atoms with Crippen LogP contribution in [-0.2, 0) is 22.3 Å². The molecule has 5 nitrogen and oxygen atoms in total. The van der Waals surface area contributed by atoms with Crippen LogP contribution in [0.15, 0.2) is 23.2 Å². The summed E-state index contributed by atoms with van der Waals surface area (Å²) >= 11 is 0. The van der Waals surface area contributed by atoms with E-state index in [2.05, 4.69) is 42.4 Å². The lowest BCUT2D eigenvalue weighted by Gasteiger charge is -2.15. The van der Waals surface area contributed by atoms with Gasteiger partial charge in [-0.15, -0.1) is 24.0 Å². The molecule has 1 fully saturated rings. The second kappa shape index (κ2) is 11.7. The summed E-state index contributed by atoms with van der Waals surface area (Å²) in [7, 11) is 0. The molecule has 0 amide bonds. The summed E-state index contributed by atoms with van der Waals surface area (Å²) in [6.45, 7) is 6.93. The van der Waals surface area contributed by atoms with Crippen molar-refractivity contribution < 1.29 is 9.47 Å². The van der Waals surface area contributed by atoms with Gasteiger partial charge in [-0.05, 0) is 36.8 Å². The molecule has 2 rings (SSSR count). The number of rotatable bonds is 8. The van der Waals surface area contributed by atoms with Crippen LogP contribution in [0.1, 0.15) is 37.8 Å². The smallest absolute Gasteiger partial charge is 0.193 e.